The van der Waals surface area contributed by atoms with Gasteiger partial charge >= 0.3 is 0 Å². The van der Waals surface area contributed by atoms with Gasteiger partial charge in [0.1, 0.15) is 11.6 Å². The van der Waals surface area contributed by atoms with Gasteiger partial charge in [0.2, 0.25) is 0 Å². The molecule has 1 heterocycles. The van der Waals surface area contributed by atoms with Crippen LogP contribution in [-0.4, -0.2) is 11.4 Å². The number of anilines is 1. The highest BCUT2D eigenvalue weighted by atomic mass is 19.1. The molecule has 0 aromatic heterocycles. The van der Waals surface area contributed by atoms with Crippen LogP contribution < -0.4 is 5.73 Å². The Kier molecular flexibility index (Phi) is 3.64. The zero-order valence-corrected chi connectivity index (χ0v) is 11.9. The molecule has 2 nitrogen and oxygen atoms in total. The van der Waals surface area contributed by atoms with Gasteiger partial charge in [0.05, 0.1) is 0 Å². The Balaban J connectivity index is 1.89. The standard InChI is InChI=1S/C17H18F2N2/c1-11(17-14(18)5-3-6-15(17)19)21-9-8-13-12(10-21)4-2-7-16(13)20/h2-7,11H,8-10,20H2,1H3. The second-order valence-electron chi connectivity index (χ2n) is 5.52. The molecule has 0 saturated carbocycles. The highest BCUT2D eigenvalue weighted by Crippen LogP contribution is 2.32. The minimum Gasteiger partial charge on any atom is -0.398 e. The third-order valence-corrected chi connectivity index (χ3v) is 4.30. The second kappa shape index (κ2) is 5.45. The molecule has 0 spiro atoms. The summed E-state index contributed by atoms with van der Waals surface area (Å²) in [7, 11) is 0. The van der Waals surface area contributed by atoms with E-state index in [1.807, 2.05) is 25.1 Å². The van der Waals surface area contributed by atoms with Crippen LogP contribution in [0.25, 0.3) is 0 Å². The van der Waals surface area contributed by atoms with Gasteiger partial charge in [0, 0.05) is 30.4 Å². The monoisotopic (exact) mass is 288 g/mol. The van der Waals surface area contributed by atoms with Crippen molar-refractivity contribution in [3.63, 3.8) is 0 Å². The van der Waals surface area contributed by atoms with Crippen LogP contribution in [-0.2, 0) is 13.0 Å². The van der Waals surface area contributed by atoms with Crippen molar-refractivity contribution in [3.8, 4) is 0 Å². The zero-order valence-electron chi connectivity index (χ0n) is 11.9. The van der Waals surface area contributed by atoms with Gasteiger partial charge in [-0.2, -0.15) is 0 Å². The molecule has 0 aliphatic carbocycles. The Morgan fingerprint density at radius 2 is 1.76 bits per heavy atom. The minimum absolute atomic E-state index is 0.143. The van der Waals surface area contributed by atoms with E-state index < -0.39 is 11.6 Å². The van der Waals surface area contributed by atoms with Gasteiger partial charge in [-0.3, -0.25) is 4.90 Å². The Morgan fingerprint density at radius 1 is 1.10 bits per heavy atom. The predicted octanol–water partition coefficient (Wildman–Crippen LogP) is 3.67. The lowest BCUT2D eigenvalue weighted by molar-refractivity contribution is 0.185. The van der Waals surface area contributed by atoms with Crippen molar-refractivity contribution in [1.29, 1.82) is 0 Å². The van der Waals surface area contributed by atoms with Crippen LogP contribution in [0.2, 0.25) is 0 Å². The average molecular weight is 288 g/mol. The van der Waals surface area contributed by atoms with E-state index in [0.29, 0.717) is 6.54 Å². The largest absolute Gasteiger partial charge is 0.398 e. The first kappa shape index (κ1) is 14.0. The van der Waals surface area contributed by atoms with E-state index in [1.165, 1.54) is 18.2 Å². The molecule has 2 aromatic carbocycles. The molecule has 3 rings (SSSR count). The van der Waals surface area contributed by atoms with Crippen molar-refractivity contribution in [2.45, 2.75) is 25.9 Å². The van der Waals surface area contributed by atoms with Crippen LogP contribution in [0.4, 0.5) is 14.5 Å². The van der Waals surface area contributed by atoms with Crippen LogP contribution in [0, 0.1) is 11.6 Å². The van der Waals surface area contributed by atoms with Gasteiger partial charge in [0.25, 0.3) is 0 Å². The molecule has 0 amide bonds. The summed E-state index contributed by atoms with van der Waals surface area (Å²) < 4.78 is 27.9. The summed E-state index contributed by atoms with van der Waals surface area (Å²) >= 11 is 0. The summed E-state index contributed by atoms with van der Waals surface area (Å²) in [6.45, 7) is 3.25. The van der Waals surface area contributed by atoms with Crippen LogP contribution in [0.3, 0.4) is 0 Å². The lowest BCUT2D eigenvalue weighted by Gasteiger charge is -2.34. The number of hydrogen-bond acceptors (Lipinski definition) is 2. The molecular weight excluding hydrogens is 270 g/mol. The average Bonchev–Trinajstić information content (AvgIpc) is 2.47. The number of benzene rings is 2. The van der Waals surface area contributed by atoms with Gasteiger partial charge in [-0.25, -0.2) is 8.78 Å². The molecule has 1 unspecified atom stereocenters. The van der Waals surface area contributed by atoms with Gasteiger partial charge in [-0.05, 0) is 42.7 Å². The van der Waals surface area contributed by atoms with Gasteiger partial charge < -0.3 is 5.73 Å². The van der Waals surface area contributed by atoms with Crippen LogP contribution in [0.1, 0.15) is 29.7 Å². The highest BCUT2D eigenvalue weighted by Gasteiger charge is 2.26. The summed E-state index contributed by atoms with van der Waals surface area (Å²) in [5, 5.41) is 0. The molecule has 110 valence electrons. The van der Waals surface area contributed by atoms with Crippen molar-refractivity contribution in [3.05, 3.63) is 64.7 Å². The number of nitrogen functional groups attached to an aromatic ring is 1. The number of hydrogen-bond donors (Lipinski definition) is 1. The van der Waals surface area contributed by atoms with E-state index in [4.69, 9.17) is 5.73 Å². The molecule has 1 atom stereocenters. The van der Waals surface area contributed by atoms with Gasteiger partial charge in [-0.1, -0.05) is 18.2 Å². The molecule has 4 heteroatoms. The SMILES string of the molecule is CC(c1c(F)cccc1F)N1CCc2c(N)cccc2C1. The first-order valence-corrected chi connectivity index (χ1v) is 7.12. The molecular formula is C17H18F2N2. The first-order valence-electron chi connectivity index (χ1n) is 7.12. The minimum atomic E-state index is -0.485. The number of nitrogens with two attached hydrogens (primary N) is 1. The third-order valence-electron chi connectivity index (χ3n) is 4.30. The molecule has 21 heavy (non-hydrogen) atoms. The summed E-state index contributed by atoms with van der Waals surface area (Å²) in [4.78, 5) is 2.09. The Hall–Kier alpha value is -1.94. The highest BCUT2D eigenvalue weighted by molar-refractivity contribution is 5.52. The van der Waals surface area contributed by atoms with Crippen LogP contribution in [0.15, 0.2) is 36.4 Å². The maximum Gasteiger partial charge on any atom is 0.130 e. The number of fused-ring (bicyclic) bond motifs is 1. The fourth-order valence-electron chi connectivity index (χ4n) is 3.08. The topological polar surface area (TPSA) is 29.3 Å². The van der Waals surface area contributed by atoms with Crippen molar-refractivity contribution >= 4 is 5.69 Å². The number of halogens is 2. The molecule has 0 saturated heterocycles. The maximum atomic E-state index is 13.9. The second-order valence-corrected chi connectivity index (χ2v) is 5.52. The quantitative estimate of drug-likeness (QED) is 0.854. The van der Waals surface area contributed by atoms with E-state index in [1.54, 1.807) is 0 Å². The third kappa shape index (κ3) is 2.51. The fourth-order valence-corrected chi connectivity index (χ4v) is 3.08. The molecule has 2 aromatic rings. The zero-order chi connectivity index (χ0) is 15.0. The Labute approximate surface area is 123 Å². The van der Waals surface area contributed by atoms with Gasteiger partial charge in [-0.15, -0.1) is 0 Å². The van der Waals surface area contributed by atoms with E-state index in [0.717, 1.165) is 29.8 Å². The van der Waals surface area contributed by atoms with Crippen molar-refractivity contribution < 1.29 is 8.78 Å². The summed E-state index contributed by atoms with van der Waals surface area (Å²) in [5.74, 6) is -0.971. The normalized spacial score (nSPS) is 16.5. The van der Waals surface area contributed by atoms with E-state index >= 15 is 0 Å². The summed E-state index contributed by atoms with van der Waals surface area (Å²) in [5.41, 5.74) is 9.24. The molecule has 0 radical (unpaired) electrons. The molecule has 1 aliphatic heterocycles. The lowest BCUT2D eigenvalue weighted by Crippen LogP contribution is -2.34. The van der Waals surface area contributed by atoms with Crippen LogP contribution in [0.5, 0.6) is 0 Å². The smallest absolute Gasteiger partial charge is 0.130 e. The van der Waals surface area contributed by atoms with E-state index in [2.05, 4.69) is 4.90 Å². The van der Waals surface area contributed by atoms with E-state index in [-0.39, 0.29) is 11.6 Å². The summed E-state index contributed by atoms with van der Waals surface area (Å²) in [6, 6.07) is 9.56. The fraction of sp³-hybridized carbons (Fsp3) is 0.294. The summed E-state index contributed by atoms with van der Waals surface area (Å²) in [6.07, 6.45) is 0.808. The van der Waals surface area contributed by atoms with Crippen molar-refractivity contribution in [2.75, 3.05) is 12.3 Å². The first-order chi connectivity index (χ1) is 10.1. The molecule has 0 bridgehead atoms. The molecule has 0 fully saturated rings. The van der Waals surface area contributed by atoms with Crippen molar-refractivity contribution in [2.24, 2.45) is 0 Å². The molecule has 1 aliphatic rings. The Morgan fingerprint density at radius 3 is 2.48 bits per heavy atom. The lowest BCUT2D eigenvalue weighted by atomic mass is 9.95. The van der Waals surface area contributed by atoms with Crippen molar-refractivity contribution in [1.82, 2.24) is 4.90 Å². The number of nitrogens with zero attached hydrogens (tertiary/aromatic N) is 1. The predicted molar refractivity (Wildman–Crippen MR) is 79.7 cm³/mol. The van der Waals surface area contributed by atoms with Gasteiger partial charge in [0.15, 0.2) is 0 Å². The Bertz CT molecular complexity index is 650. The number of rotatable bonds is 2. The van der Waals surface area contributed by atoms with Crippen LogP contribution >= 0.6 is 0 Å². The molecule has 2 N–H and O–H groups in total. The van der Waals surface area contributed by atoms with E-state index in [9.17, 15) is 8.78 Å². The maximum absolute atomic E-state index is 13.9.